The summed E-state index contributed by atoms with van der Waals surface area (Å²) in [6.45, 7) is -2.90. The summed E-state index contributed by atoms with van der Waals surface area (Å²) in [4.78, 5) is 15.7. The van der Waals surface area contributed by atoms with E-state index in [9.17, 15) is 13.6 Å². The third-order valence-electron chi connectivity index (χ3n) is 2.21. The second-order valence-corrected chi connectivity index (χ2v) is 3.58. The number of hydrogen-bond donors (Lipinski definition) is 1. The zero-order valence-corrected chi connectivity index (χ0v) is 10.9. The Hall–Kier alpha value is -2.21. The van der Waals surface area contributed by atoms with Crippen LogP contribution >= 0.6 is 12.4 Å². The average Bonchev–Trinajstić information content (AvgIpc) is 2.39. The number of halogens is 3. The second-order valence-electron chi connectivity index (χ2n) is 3.58. The Morgan fingerprint density at radius 1 is 1.20 bits per heavy atom. The van der Waals surface area contributed by atoms with Gasteiger partial charge in [-0.1, -0.05) is 12.1 Å². The quantitative estimate of drug-likeness (QED) is 0.942. The van der Waals surface area contributed by atoms with Crippen LogP contribution < -0.4 is 10.1 Å². The van der Waals surface area contributed by atoms with Crippen LogP contribution in [0.2, 0.25) is 0 Å². The molecule has 106 valence electrons. The van der Waals surface area contributed by atoms with Crippen molar-refractivity contribution in [3.05, 3.63) is 54.4 Å². The molecule has 1 amide bonds. The predicted molar refractivity (Wildman–Crippen MR) is 72.5 cm³/mol. The zero-order valence-electron chi connectivity index (χ0n) is 10.1. The summed E-state index contributed by atoms with van der Waals surface area (Å²) >= 11 is 0. The summed E-state index contributed by atoms with van der Waals surface area (Å²) in [6, 6.07) is 10.7. The molecule has 0 aliphatic rings. The number of anilines is 1. The Labute approximate surface area is 120 Å². The first kappa shape index (κ1) is 15.8. The van der Waals surface area contributed by atoms with Crippen molar-refractivity contribution in [2.45, 2.75) is 6.61 Å². The van der Waals surface area contributed by atoms with E-state index in [4.69, 9.17) is 0 Å². The molecule has 0 bridgehead atoms. The lowest BCUT2D eigenvalue weighted by Crippen LogP contribution is -2.13. The van der Waals surface area contributed by atoms with E-state index < -0.39 is 12.5 Å². The van der Waals surface area contributed by atoms with Crippen LogP contribution in [-0.4, -0.2) is 17.5 Å². The molecule has 1 N–H and O–H groups in total. The van der Waals surface area contributed by atoms with Crippen molar-refractivity contribution in [2.24, 2.45) is 0 Å². The van der Waals surface area contributed by atoms with Gasteiger partial charge >= 0.3 is 6.61 Å². The van der Waals surface area contributed by atoms with E-state index in [-0.39, 0.29) is 23.9 Å². The SMILES string of the molecule is Cl.O=C(Nc1cccc(OC(F)F)c1)c1ccccn1. The Bertz CT molecular complexity index is 567. The first-order valence-corrected chi connectivity index (χ1v) is 5.42. The number of amides is 1. The second kappa shape index (κ2) is 7.40. The largest absolute Gasteiger partial charge is 0.435 e. The summed E-state index contributed by atoms with van der Waals surface area (Å²) in [5.41, 5.74) is 0.594. The van der Waals surface area contributed by atoms with Crippen LogP contribution in [0.25, 0.3) is 0 Å². The first-order chi connectivity index (χ1) is 9.15. The number of carbonyl (C=O) groups excluding carboxylic acids is 1. The maximum absolute atomic E-state index is 12.1. The maximum atomic E-state index is 12.1. The number of benzene rings is 1. The Morgan fingerprint density at radius 2 is 2.00 bits per heavy atom. The van der Waals surface area contributed by atoms with E-state index in [0.717, 1.165) is 0 Å². The molecule has 7 heteroatoms. The topological polar surface area (TPSA) is 51.2 Å². The first-order valence-electron chi connectivity index (χ1n) is 5.42. The molecule has 0 aliphatic carbocycles. The molecule has 20 heavy (non-hydrogen) atoms. The normalized spacial score (nSPS) is 9.75. The van der Waals surface area contributed by atoms with E-state index in [1.54, 1.807) is 24.3 Å². The molecule has 0 aliphatic heterocycles. The van der Waals surface area contributed by atoms with E-state index >= 15 is 0 Å². The number of aromatic nitrogens is 1. The summed E-state index contributed by atoms with van der Waals surface area (Å²) in [7, 11) is 0. The summed E-state index contributed by atoms with van der Waals surface area (Å²) in [5, 5.41) is 2.55. The summed E-state index contributed by atoms with van der Waals surface area (Å²) in [5.74, 6) is -0.441. The Kier molecular flexibility index (Phi) is 5.86. The number of nitrogens with one attached hydrogen (secondary N) is 1. The van der Waals surface area contributed by atoms with Gasteiger partial charge in [0.15, 0.2) is 0 Å². The minimum atomic E-state index is -2.90. The predicted octanol–water partition coefficient (Wildman–Crippen LogP) is 3.36. The number of carbonyl (C=O) groups is 1. The van der Waals surface area contributed by atoms with Gasteiger partial charge in [0.1, 0.15) is 11.4 Å². The highest BCUT2D eigenvalue weighted by molar-refractivity contribution is 6.02. The van der Waals surface area contributed by atoms with Crippen molar-refractivity contribution in [1.82, 2.24) is 4.98 Å². The van der Waals surface area contributed by atoms with Crippen molar-refractivity contribution >= 4 is 24.0 Å². The summed E-state index contributed by atoms with van der Waals surface area (Å²) in [6.07, 6.45) is 1.49. The van der Waals surface area contributed by atoms with Gasteiger partial charge in [0, 0.05) is 18.0 Å². The van der Waals surface area contributed by atoms with Crippen molar-refractivity contribution in [3.63, 3.8) is 0 Å². The van der Waals surface area contributed by atoms with Gasteiger partial charge < -0.3 is 10.1 Å². The number of pyridine rings is 1. The number of ether oxygens (including phenoxy) is 1. The number of rotatable bonds is 4. The highest BCUT2D eigenvalue weighted by Crippen LogP contribution is 2.19. The fraction of sp³-hybridized carbons (Fsp3) is 0.0769. The van der Waals surface area contributed by atoms with Gasteiger partial charge in [-0.05, 0) is 24.3 Å². The fourth-order valence-electron chi connectivity index (χ4n) is 1.44. The minimum Gasteiger partial charge on any atom is -0.435 e. The smallest absolute Gasteiger partial charge is 0.387 e. The molecule has 0 saturated heterocycles. The van der Waals surface area contributed by atoms with E-state index in [1.165, 1.54) is 24.4 Å². The third kappa shape index (κ3) is 4.47. The van der Waals surface area contributed by atoms with Crippen LogP contribution in [0.4, 0.5) is 14.5 Å². The van der Waals surface area contributed by atoms with Crippen molar-refractivity contribution in [2.75, 3.05) is 5.32 Å². The van der Waals surface area contributed by atoms with Crippen LogP contribution in [-0.2, 0) is 0 Å². The molecule has 0 spiro atoms. The Balaban J connectivity index is 0.00000200. The zero-order chi connectivity index (χ0) is 13.7. The van der Waals surface area contributed by atoms with Gasteiger partial charge in [0.25, 0.3) is 5.91 Å². The van der Waals surface area contributed by atoms with Gasteiger partial charge in [0.2, 0.25) is 0 Å². The molecular formula is C13H11ClF2N2O2. The van der Waals surface area contributed by atoms with Crippen molar-refractivity contribution in [1.29, 1.82) is 0 Å². The monoisotopic (exact) mass is 300 g/mol. The highest BCUT2D eigenvalue weighted by Gasteiger charge is 2.08. The molecule has 0 unspecified atom stereocenters. The maximum Gasteiger partial charge on any atom is 0.387 e. The average molecular weight is 301 g/mol. The molecule has 4 nitrogen and oxygen atoms in total. The molecule has 1 aromatic carbocycles. The van der Waals surface area contributed by atoms with Crippen LogP contribution in [0.5, 0.6) is 5.75 Å². The molecule has 0 saturated carbocycles. The number of hydrogen-bond acceptors (Lipinski definition) is 3. The summed E-state index contributed by atoms with van der Waals surface area (Å²) < 4.78 is 28.4. The van der Waals surface area contributed by atoms with Crippen LogP contribution in [0.3, 0.4) is 0 Å². The van der Waals surface area contributed by atoms with Gasteiger partial charge in [0.05, 0.1) is 0 Å². The molecule has 0 radical (unpaired) electrons. The lowest BCUT2D eigenvalue weighted by atomic mass is 10.3. The van der Waals surface area contributed by atoms with Gasteiger partial charge in [-0.25, -0.2) is 0 Å². The van der Waals surface area contributed by atoms with Gasteiger partial charge in [-0.3, -0.25) is 9.78 Å². The molecule has 0 atom stereocenters. The van der Waals surface area contributed by atoms with Gasteiger partial charge in [-0.15, -0.1) is 12.4 Å². The minimum absolute atomic E-state index is 0. The number of nitrogens with zero attached hydrogens (tertiary/aromatic N) is 1. The van der Waals surface area contributed by atoms with E-state index in [1.807, 2.05) is 0 Å². The molecule has 2 rings (SSSR count). The standard InChI is InChI=1S/C13H10F2N2O2.ClH/c14-13(15)19-10-5-3-4-9(8-10)17-12(18)11-6-1-2-7-16-11;/h1-8,13H,(H,17,18);1H. The molecule has 2 aromatic rings. The molecule has 0 fully saturated rings. The van der Waals surface area contributed by atoms with E-state index in [2.05, 4.69) is 15.0 Å². The van der Waals surface area contributed by atoms with Crippen LogP contribution in [0.1, 0.15) is 10.5 Å². The third-order valence-corrected chi connectivity index (χ3v) is 2.21. The fourth-order valence-corrected chi connectivity index (χ4v) is 1.44. The Morgan fingerprint density at radius 3 is 2.65 bits per heavy atom. The lowest BCUT2D eigenvalue weighted by Gasteiger charge is -2.08. The molecular weight excluding hydrogens is 290 g/mol. The molecule has 1 heterocycles. The van der Waals surface area contributed by atoms with Crippen LogP contribution in [0.15, 0.2) is 48.7 Å². The highest BCUT2D eigenvalue weighted by atomic mass is 35.5. The number of alkyl halides is 2. The van der Waals surface area contributed by atoms with Crippen molar-refractivity contribution in [3.8, 4) is 5.75 Å². The van der Waals surface area contributed by atoms with E-state index in [0.29, 0.717) is 5.69 Å². The van der Waals surface area contributed by atoms with Crippen LogP contribution in [0, 0.1) is 0 Å². The lowest BCUT2D eigenvalue weighted by molar-refractivity contribution is -0.0497. The molecule has 1 aromatic heterocycles. The van der Waals surface area contributed by atoms with Gasteiger partial charge in [-0.2, -0.15) is 8.78 Å². The van der Waals surface area contributed by atoms with Crippen molar-refractivity contribution < 1.29 is 18.3 Å².